The van der Waals surface area contributed by atoms with E-state index in [9.17, 15) is 10.2 Å². The minimum Gasteiger partial charge on any atom is -0.507 e. The molecule has 236 valence electrons. The summed E-state index contributed by atoms with van der Waals surface area (Å²) in [7, 11) is 8.78. The molecule has 6 rings (SSSR count). The Morgan fingerprint density at radius 2 is 1.18 bits per heavy atom. The van der Waals surface area contributed by atoms with Crippen LogP contribution in [0, 0.1) is 0 Å². The Labute approximate surface area is 265 Å². The number of methoxy groups -OCH3 is 4. The van der Waals surface area contributed by atoms with E-state index in [1.807, 2.05) is 24.3 Å². The molecule has 0 fully saturated rings. The Hall–Kier alpha value is -4.40. The van der Waals surface area contributed by atoms with E-state index in [4.69, 9.17) is 18.9 Å². The lowest BCUT2D eigenvalue weighted by Crippen LogP contribution is -2.33. The number of phenolic OH excluding ortho intramolecular Hbond substituents is 2. The average molecular weight is 611 g/mol. The minimum absolute atomic E-state index is 0.0726. The van der Waals surface area contributed by atoms with Crippen LogP contribution >= 0.6 is 0 Å². The third kappa shape index (κ3) is 6.00. The number of nitrogens with one attached hydrogen (secondary N) is 1. The van der Waals surface area contributed by atoms with Gasteiger partial charge in [0.1, 0.15) is 11.5 Å². The van der Waals surface area contributed by atoms with Crippen molar-refractivity contribution in [1.82, 2.24) is 10.2 Å². The number of nitrogens with zero attached hydrogens (tertiary/aromatic N) is 1. The lowest BCUT2D eigenvalue weighted by molar-refractivity contribution is 0.228. The molecule has 4 aromatic rings. The summed E-state index contributed by atoms with van der Waals surface area (Å²) in [5.41, 5.74) is 8.24. The number of ether oxygens (including phenoxy) is 4. The zero-order valence-electron chi connectivity index (χ0n) is 26.6. The molecule has 0 spiro atoms. The van der Waals surface area contributed by atoms with Gasteiger partial charge in [0.2, 0.25) is 0 Å². The standard InChI is InChI=1S/C37H42N2O6/c1-39-13-11-25-19-35(43-3)37(45-5)21-27(25)31(39)17-23-7-9-33(41)29(15-23)28-14-22(6-8-32(28)40)16-30-26-20-36(44-4)34(42-2)18-24(26)10-12-38-30/h6-9,14-15,18-21,30-31,38,40-41H,10-13,16-17H2,1-5H3/t30-,31+/m0/s1. The molecule has 0 saturated carbocycles. The van der Waals surface area contributed by atoms with Gasteiger partial charge in [0.15, 0.2) is 23.0 Å². The van der Waals surface area contributed by atoms with E-state index in [-0.39, 0.29) is 23.6 Å². The summed E-state index contributed by atoms with van der Waals surface area (Å²) >= 11 is 0. The smallest absolute Gasteiger partial charge is 0.161 e. The summed E-state index contributed by atoms with van der Waals surface area (Å²) < 4.78 is 22.3. The van der Waals surface area contributed by atoms with Crippen LogP contribution < -0.4 is 24.3 Å². The van der Waals surface area contributed by atoms with Crippen LogP contribution in [0.25, 0.3) is 11.1 Å². The number of benzene rings is 4. The van der Waals surface area contributed by atoms with Crippen molar-refractivity contribution >= 4 is 0 Å². The van der Waals surface area contributed by atoms with Crippen LogP contribution in [-0.4, -0.2) is 63.7 Å². The summed E-state index contributed by atoms with van der Waals surface area (Å²) in [6.45, 7) is 1.79. The van der Waals surface area contributed by atoms with Gasteiger partial charge >= 0.3 is 0 Å². The highest BCUT2D eigenvalue weighted by molar-refractivity contribution is 5.76. The number of aromatic hydroxyl groups is 2. The van der Waals surface area contributed by atoms with Gasteiger partial charge < -0.3 is 34.5 Å². The highest BCUT2D eigenvalue weighted by Gasteiger charge is 2.28. The topological polar surface area (TPSA) is 92.7 Å². The third-order valence-electron chi connectivity index (χ3n) is 9.36. The SMILES string of the molecule is COc1cc2c(cc1OC)[C@H](Cc1ccc(O)c(-c3cc(C[C@@H]4c5cc(OC)c(OC)cc5CCN4C)ccc3O)c1)NCC2. The van der Waals surface area contributed by atoms with Crippen molar-refractivity contribution in [2.75, 3.05) is 48.6 Å². The van der Waals surface area contributed by atoms with Crippen LogP contribution in [0.15, 0.2) is 60.7 Å². The summed E-state index contributed by atoms with van der Waals surface area (Å²) in [6, 6.07) is 19.9. The van der Waals surface area contributed by atoms with Crippen LogP contribution in [0.2, 0.25) is 0 Å². The van der Waals surface area contributed by atoms with Gasteiger partial charge in [-0.05, 0) is 121 Å². The predicted molar refractivity (Wildman–Crippen MR) is 175 cm³/mol. The van der Waals surface area contributed by atoms with Crippen molar-refractivity contribution in [2.24, 2.45) is 0 Å². The monoisotopic (exact) mass is 610 g/mol. The second-order valence-corrected chi connectivity index (χ2v) is 11.9. The van der Waals surface area contributed by atoms with Crippen molar-refractivity contribution in [3.63, 3.8) is 0 Å². The Morgan fingerprint density at radius 3 is 1.76 bits per heavy atom. The number of hydrogen-bond donors (Lipinski definition) is 3. The van der Waals surface area contributed by atoms with E-state index in [0.29, 0.717) is 23.3 Å². The maximum absolute atomic E-state index is 11.0. The Kier molecular flexibility index (Phi) is 8.79. The van der Waals surface area contributed by atoms with Crippen molar-refractivity contribution in [2.45, 2.75) is 37.8 Å². The van der Waals surface area contributed by atoms with Gasteiger partial charge in [0.05, 0.1) is 28.4 Å². The molecule has 0 aliphatic carbocycles. The van der Waals surface area contributed by atoms with Crippen molar-refractivity contribution < 1.29 is 29.2 Å². The molecular formula is C37H42N2O6. The van der Waals surface area contributed by atoms with E-state index in [1.165, 1.54) is 22.3 Å². The van der Waals surface area contributed by atoms with E-state index in [1.54, 1.807) is 40.6 Å². The van der Waals surface area contributed by atoms with Gasteiger partial charge in [-0.15, -0.1) is 0 Å². The second kappa shape index (κ2) is 12.9. The van der Waals surface area contributed by atoms with Crippen molar-refractivity contribution in [3.8, 4) is 45.6 Å². The van der Waals surface area contributed by atoms with Gasteiger partial charge in [-0.3, -0.25) is 4.90 Å². The zero-order valence-corrected chi connectivity index (χ0v) is 26.6. The molecule has 8 heteroatoms. The Bertz CT molecular complexity index is 1700. The van der Waals surface area contributed by atoms with Crippen molar-refractivity contribution in [3.05, 3.63) is 94.0 Å². The molecule has 0 aromatic heterocycles. The maximum atomic E-state index is 11.0. The summed E-state index contributed by atoms with van der Waals surface area (Å²) in [6.07, 6.45) is 3.30. The second-order valence-electron chi connectivity index (χ2n) is 11.9. The molecule has 45 heavy (non-hydrogen) atoms. The van der Waals surface area contributed by atoms with Gasteiger partial charge in [0.25, 0.3) is 0 Å². The first-order chi connectivity index (χ1) is 21.8. The quantitative estimate of drug-likeness (QED) is 0.213. The van der Waals surface area contributed by atoms with Gasteiger partial charge in [0, 0.05) is 29.8 Å². The number of likely N-dealkylation sites (N-methyl/N-ethyl adjacent to an activating group) is 1. The van der Waals surface area contributed by atoms with Crippen LogP contribution in [0.5, 0.6) is 34.5 Å². The summed E-state index contributed by atoms with van der Waals surface area (Å²) in [4.78, 5) is 2.36. The number of rotatable bonds is 9. The zero-order chi connectivity index (χ0) is 31.7. The predicted octanol–water partition coefficient (Wildman–Crippen LogP) is 6.00. The maximum Gasteiger partial charge on any atom is 0.161 e. The number of phenols is 2. The summed E-state index contributed by atoms with van der Waals surface area (Å²) in [5, 5.41) is 25.7. The number of hydrogen-bond acceptors (Lipinski definition) is 8. The molecule has 2 aliphatic rings. The fourth-order valence-electron chi connectivity index (χ4n) is 6.88. The van der Waals surface area contributed by atoms with E-state index >= 15 is 0 Å². The first kappa shape index (κ1) is 30.6. The molecule has 2 aliphatic heterocycles. The minimum atomic E-state index is 0.0726. The lowest BCUT2D eigenvalue weighted by Gasteiger charge is -2.35. The van der Waals surface area contributed by atoms with Crippen LogP contribution in [-0.2, 0) is 25.7 Å². The summed E-state index contributed by atoms with van der Waals surface area (Å²) in [5.74, 6) is 3.17. The molecule has 0 saturated heterocycles. The molecule has 8 nitrogen and oxygen atoms in total. The van der Waals surface area contributed by atoms with Crippen molar-refractivity contribution in [1.29, 1.82) is 0 Å². The highest BCUT2D eigenvalue weighted by atomic mass is 16.5. The molecular weight excluding hydrogens is 568 g/mol. The molecule has 2 atom stereocenters. The van der Waals surface area contributed by atoms with Gasteiger partial charge in [-0.2, -0.15) is 0 Å². The molecule has 0 radical (unpaired) electrons. The normalized spacial score (nSPS) is 17.7. The van der Waals surface area contributed by atoms with E-state index in [2.05, 4.69) is 41.5 Å². The molecule has 0 unspecified atom stereocenters. The van der Waals surface area contributed by atoms with Crippen LogP contribution in [0.1, 0.15) is 45.5 Å². The molecule has 0 amide bonds. The fraction of sp³-hybridized carbons (Fsp3) is 0.351. The molecule has 2 heterocycles. The molecule has 3 N–H and O–H groups in total. The highest BCUT2D eigenvalue weighted by Crippen LogP contribution is 2.42. The van der Waals surface area contributed by atoms with E-state index < -0.39 is 0 Å². The molecule has 4 aromatic carbocycles. The third-order valence-corrected chi connectivity index (χ3v) is 9.36. The Morgan fingerprint density at radius 1 is 0.667 bits per heavy atom. The first-order valence-electron chi connectivity index (χ1n) is 15.4. The van der Waals surface area contributed by atoms with E-state index in [0.717, 1.165) is 60.7 Å². The average Bonchev–Trinajstić information content (AvgIpc) is 3.06. The fourth-order valence-corrected chi connectivity index (χ4v) is 6.88. The lowest BCUT2D eigenvalue weighted by atomic mass is 9.87. The van der Waals surface area contributed by atoms with Crippen LogP contribution in [0.4, 0.5) is 0 Å². The van der Waals surface area contributed by atoms with Crippen LogP contribution in [0.3, 0.4) is 0 Å². The first-order valence-corrected chi connectivity index (χ1v) is 15.4. The number of fused-ring (bicyclic) bond motifs is 2. The van der Waals surface area contributed by atoms with Gasteiger partial charge in [-0.25, -0.2) is 0 Å². The molecule has 0 bridgehead atoms. The van der Waals surface area contributed by atoms with Gasteiger partial charge in [-0.1, -0.05) is 12.1 Å². The largest absolute Gasteiger partial charge is 0.507 e. The Balaban J connectivity index is 1.30.